The van der Waals surface area contributed by atoms with Crippen LogP contribution >= 0.6 is 0 Å². The topological polar surface area (TPSA) is 89.0 Å². The van der Waals surface area contributed by atoms with Gasteiger partial charge in [-0.3, -0.25) is 14.6 Å². The third-order valence-electron chi connectivity index (χ3n) is 6.64. The maximum atomic E-state index is 13.4. The van der Waals surface area contributed by atoms with E-state index < -0.39 is 17.7 Å². The summed E-state index contributed by atoms with van der Waals surface area (Å²) in [5.74, 6) is -0.419. The van der Waals surface area contributed by atoms with Crippen molar-refractivity contribution in [3.63, 3.8) is 0 Å². The number of pyridine rings is 1. The SMILES string of the molecule is CCCOc1ccc(/C(O)=C2\C(=O)C(=O)N(Cc3cccnc3)C2c2cccc(OCc3ccccc3)c2)cc1. The lowest BCUT2D eigenvalue weighted by atomic mass is 9.95. The first kappa shape index (κ1) is 26.7. The molecule has 0 bridgehead atoms. The summed E-state index contributed by atoms with van der Waals surface area (Å²) in [5, 5.41) is 11.4. The molecule has 1 amide bonds. The molecule has 7 nitrogen and oxygen atoms in total. The van der Waals surface area contributed by atoms with E-state index in [9.17, 15) is 14.7 Å². The average Bonchev–Trinajstić information content (AvgIpc) is 3.25. The van der Waals surface area contributed by atoms with Gasteiger partial charge < -0.3 is 19.5 Å². The number of amides is 1. The first-order valence-electron chi connectivity index (χ1n) is 13.2. The van der Waals surface area contributed by atoms with Gasteiger partial charge in [-0.2, -0.15) is 0 Å². The van der Waals surface area contributed by atoms with Gasteiger partial charge >= 0.3 is 0 Å². The summed E-state index contributed by atoms with van der Waals surface area (Å²) >= 11 is 0. The number of aromatic nitrogens is 1. The van der Waals surface area contributed by atoms with Crippen LogP contribution < -0.4 is 9.47 Å². The van der Waals surface area contributed by atoms with E-state index in [1.165, 1.54) is 4.90 Å². The molecular weight excluding hydrogens is 504 g/mol. The number of hydrogen-bond donors (Lipinski definition) is 1. The molecule has 5 rings (SSSR count). The molecule has 3 aromatic carbocycles. The number of likely N-dealkylation sites (tertiary alicyclic amines) is 1. The fourth-order valence-corrected chi connectivity index (χ4v) is 4.68. The van der Waals surface area contributed by atoms with Crippen LogP contribution in [-0.2, 0) is 22.7 Å². The summed E-state index contributed by atoms with van der Waals surface area (Å²) in [6, 6.07) is 26.7. The van der Waals surface area contributed by atoms with Crippen LogP contribution in [0.2, 0.25) is 0 Å². The molecule has 1 aliphatic heterocycles. The molecule has 1 N–H and O–H groups in total. The first-order valence-corrected chi connectivity index (χ1v) is 13.2. The van der Waals surface area contributed by atoms with Crippen molar-refractivity contribution in [2.45, 2.75) is 32.5 Å². The fourth-order valence-electron chi connectivity index (χ4n) is 4.68. The molecule has 40 heavy (non-hydrogen) atoms. The monoisotopic (exact) mass is 534 g/mol. The second-order valence-electron chi connectivity index (χ2n) is 9.51. The standard InChI is InChI=1S/C33H30N2O5/c1-2-18-39-27-15-13-25(14-16-27)31(36)29-30(35(33(38)32(29)37)21-24-10-7-17-34-20-24)26-11-6-12-28(19-26)40-22-23-8-4-3-5-9-23/h3-17,19-20,30,36H,2,18,21-22H2,1H3/b31-29+. The number of carbonyl (C=O) groups excluding carboxylic acids is 2. The summed E-state index contributed by atoms with van der Waals surface area (Å²) in [6.07, 6.45) is 4.18. The minimum absolute atomic E-state index is 0.0244. The van der Waals surface area contributed by atoms with Crippen molar-refractivity contribution in [2.75, 3.05) is 6.61 Å². The third-order valence-corrected chi connectivity index (χ3v) is 6.64. The average molecular weight is 535 g/mol. The Morgan fingerprint density at radius 1 is 0.875 bits per heavy atom. The van der Waals surface area contributed by atoms with Crippen LogP contribution in [0.25, 0.3) is 5.76 Å². The Labute approximate surface area is 233 Å². The number of nitrogens with zero attached hydrogens (tertiary/aromatic N) is 2. The maximum Gasteiger partial charge on any atom is 0.295 e. The Kier molecular flexibility index (Phi) is 8.21. The van der Waals surface area contributed by atoms with Gasteiger partial charge in [0.25, 0.3) is 11.7 Å². The van der Waals surface area contributed by atoms with Crippen molar-refractivity contribution in [1.29, 1.82) is 0 Å². The van der Waals surface area contributed by atoms with Gasteiger partial charge in [-0.25, -0.2) is 0 Å². The van der Waals surface area contributed by atoms with E-state index in [2.05, 4.69) is 4.98 Å². The quantitative estimate of drug-likeness (QED) is 0.151. The van der Waals surface area contributed by atoms with Crippen LogP contribution in [0.3, 0.4) is 0 Å². The van der Waals surface area contributed by atoms with Crippen LogP contribution in [0.5, 0.6) is 11.5 Å². The van der Waals surface area contributed by atoms with Crippen molar-refractivity contribution < 1.29 is 24.2 Å². The number of ether oxygens (including phenoxy) is 2. The second-order valence-corrected chi connectivity index (χ2v) is 9.51. The zero-order chi connectivity index (χ0) is 27.9. The number of Topliss-reactive ketones (excluding diaryl/α,β-unsaturated/α-hetero) is 1. The molecule has 4 aromatic rings. The maximum absolute atomic E-state index is 13.4. The van der Waals surface area contributed by atoms with Gasteiger partial charge in [0.15, 0.2) is 0 Å². The smallest absolute Gasteiger partial charge is 0.295 e. The molecule has 0 aliphatic carbocycles. The van der Waals surface area contributed by atoms with E-state index in [0.29, 0.717) is 35.8 Å². The van der Waals surface area contributed by atoms with Gasteiger partial charge in [0.05, 0.1) is 18.2 Å². The minimum Gasteiger partial charge on any atom is -0.507 e. The van der Waals surface area contributed by atoms with Gasteiger partial charge in [-0.05, 0) is 65.6 Å². The van der Waals surface area contributed by atoms with Crippen molar-refractivity contribution in [2.24, 2.45) is 0 Å². The van der Waals surface area contributed by atoms with E-state index >= 15 is 0 Å². The van der Waals surface area contributed by atoms with Crippen molar-refractivity contribution in [3.8, 4) is 11.5 Å². The molecule has 1 fully saturated rings. The molecule has 7 heteroatoms. The van der Waals surface area contributed by atoms with Gasteiger partial charge in [0.2, 0.25) is 0 Å². The van der Waals surface area contributed by atoms with Crippen molar-refractivity contribution in [1.82, 2.24) is 9.88 Å². The van der Waals surface area contributed by atoms with Crippen LogP contribution in [0.1, 0.15) is 41.6 Å². The lowest BCUT2D eigenvalue weighted by Crippen LogP contribution is -2.29. The highest BCUT2D eigenvalue weighted by Gasteiger charge is 2.46. The Morgan fingerprint density at radius 2 is 1.65 bits per heavy atom. The van der Waals surface area contributed by atoms with Gasteiger partial charge in [-0.15, -0.1) is 0 Å². The van der Waals surface area contributed by atoms with Gasteiger partial charge in [-0.1, -0.05) is 55.5 Å². The Morgan fingerprint density at radius 3 is 2.38 bits per heavy atom. The number of aliphatic hydroxyl groups is 1. The number of hydrogen-bond acceptors (Lipinski definition) is 6. The van der Waals surface area contributed by atoms with Crippen molar-refractivity contribution >= 4 is 17.4 Å². The Balaban J connectivity index is 1.53. The number of carbonyl (C=O) groups is 2. The zero-order valence-corrected chi connectivity index (χ0v) is 22.2. The molecule has 0 spiro atoms. The summed E-state index contributed by atoms with van der Waals surface area (Å²) in [7, 11) is 0. The molecule has 2 heterocycles. The van der Waals surface area contributed by atoms with Gasteiger partial charge in [0.1, 0.15) is 23.9 Å². The van der Waals surface area contributed by atoms with Crippen molar-refractivity contribution in [3.05, 3.63) is 131 Å². The fraction of sp³-hybridized carbons (Fsp3) is 0.182. The lowest BCUT2D eigenvalue weighted by molar-refractivity contribution is -0.140. The molecular formula is C33H30N2O5. The van der Waals surface area contributed by atoms with Crippen LogP contribution in [0.4, 0.5) is 0 Å². The zero-order valence-electron chi connectivity index (χ0n) is 22.2. The molecule has 202 valence electrons. The molecule has 1 aromatic heterocycles. The second kappa shape index (κ2) is 12.3. The molecule has 1 aliphatic rings. The third kappa shape index (κ3) is 5.89. The number of benzene rings is 3. The van der Waals surface area contributed by atoms with E-state index in [1.54, 1.807) is 42.7 Å². The highest BCUT2D eigenvalue weighted by molar-refractivity contribution is 6.46. The van der Waals surface area contributed by atoms with Crippen LogP contribution in [0, 0.1) is 0 Å². The van der Waals surface area contributed by atoms with E-state index in [4.69, 9.17) is 9.47 Å². The van der Waals surface area contributed by atoms with Crippen LogP contribution in [-0.4, -0.2) is 33.3 Å². The minimum atomic E-state index is -0.823. The largest absolute Gasteiger partial charge is 0.507 e. The van der Waals surface area contributed by atoms with Crippen LogP contribution in [0.15, 0.2) is 109 Å². The normalized spacial score (nSPS) is 16.2. The van der Waals surface area contributed by atoms with Gasteiger partial charge in [0, 0.05) is 24.5 Å². The predicted molar refractivity (Wildman–Crippen MR) is 152 cm³/mol. The predicted octanol–water partition coefficient (Wildman–Crippen LogP) is 6.07. The molecule has 0 radical (unpaired) electrons. The molecule has 1 saturated heterocycles. The Hall–Kier alpha value is -4.91. The highest BCUT2D eigenvalue weighted by atomic mass is 16.5. The molecule has 1 atom stereocenters. The molecule has 1 unspecified atom stereocenters. The summed E-state index contributed by atoms with van der Waals surface area (Å²) in [4.78, 5) is 32.4. The number of aliphatic hydroxyl groups excluding tert-OH is 1. The summed E-state index contributed by atoms with van der Waals surface area (Å²) in [5.41, 5.74) is 2.88. The number of ketones is 1. The van der Waals surface area contributed by atoms with E-state index in [0.717, 1.165) is 17.5 Å². The summed E-state index contributed by atoms with van der Waals surface area (Å²) in [6.45, 7) is 3.12. The molecule has 0 saturated carbocycles. The van der Waals surface area contributed by atoms with E-state index in [-0.39, 0.29) is 17.9 Å². The first-order chi connectivity index (χ1) is 19.5. The lowest BCUT2D eigenvalue weighted by Gasteiger charge is -2.25. The van der Waals surface area contributed by atoms with E-state index in [1.807, 2.05) is 67.6 Å². The highest BCUT2D eigenvalue weighted by Crippen LogP contribution is 2.41. The number of rotatable bonds is 10. The summed E-state index contributed by atoms with van der Waals surface area (Å²) < 4.78 is 11.7. The Bertz CT molecular complexity index is 1500.